The first kappa shape index (κ1) is 13.9. The quantitative estimate of drug-likeness (QED) is 0.438. The minimum absolute atomic E-state index is 0.257. The summed E-state index contributed by atoms with van der Waals surface area (Å²) in [5, 5.41) is 6.57. The summed E-state index contributed by atoms with van der Waals surface area (Å²) in [4.78, 5) is 5.46. The largest absolute Gasteiger partial charge is 0.354 e. The van der Waals surface area contributed by atoms with Gasteiger partial charge in [-0.2, -0.15) is 0 Å². The molecule has 17 heavy (non-hydrogen) atoms. The van der Waals surface area contributed by atoms with Crippen molar-refractivity contribution in [2.45, 2.75) is 44.7 Å². The number of hydrogen-bond acceptors (Lipinski definition) is 2. The first-order valence-electron chi connectivity index (χ1n) is 5.87. The second kappa shape index (κ2) is 6.55. The molecular formula is C13H21N3S. The Balaban J connectivity index is 2.75. The number of anilines is 1. The summed E-state index contributed by atoms with van der Waals surface area (Å²) in [7, 11) is 0. The van der Waals surface area contributed by atoms with Gasteiger partial charge in [0.25, 0.3) is 0 Å². The van der Waals surface area contributed by atoms with Crippen LogP contribution in [0.2, 0.25) is 0 Å². The monoisotopic (exact) mass is 251 g/mol. The molecule has 0 aliphatic carbocycles. The lowest BCUT2D eigenvalue weighted by molar-refractivity contribution is 0.717. The summed E-state index contributed by atoms with van der Waals surface area (Å²) < 4.78 is 0. The third kappa shape index (κ3) is 5.63. The zero-order valence-corrected chi connectivity index (χ0v) is 11.8. The standard InChI is InChI=1S/C13H21N3S/c1-9(2)14-13(15-10(3)4)16-11-5-7-12(17)8-6-11/h5-10,17H,1-4H3,(H2,14,15,16). The molecule has 0 fully saturated rings. The predicted octanol–water partition coefficient (Wildman–Crippen LogP) is 3.15. The van der Waals surface area contributed by atoms with Crippen molar-refractivity contribution in [2.24, 2.45) is 4.99 Å². The van der Waals surface area contributed by atoms with E-state index in [1.807, 2.05) is 24.3 Å². The fraction of sp³-hybridized carbons (Fsp3) is 0.462. The van der Waals surface area contributed by atoms with Crippen LogP contribution in [0.3, 0.4) is 0 Å². The van der Waals surface area contributed by atoms with E-state index < -0.39 is 0 Å². The minimum Gasteiger partial charge on any atom is -0.354 e. The molecule has 94 valence electrons. The number of aliphatic imine (C=N–C) groups is 1. The van der Waals surface area contributed by atoms with Crippen LogP contribution >= 0.6 is 12.6 Å². The number of rotatable bonds is 3. The molecule has 0 atom stereocenters. The van der Waals surface area contributed by atoms with Crippen LogP contribution in [-0.2, 0) is 0 Å². The Morgan fingerprint density at radius 1 is 1.12 bits per heavy atom. The van der Waals surface area contributed by atoms with Crippen molar-refractivity contribution in [1.82, 2.24) is 5.32 Å². The van der Waals surface area contributed by atoms with E-state index in [1.165, 1.54) is 0 Å². The van der Waals surface area contributed by atoms with E-state index in [9.17, 15) is 0 Å². The van der Waals surface area contributed by atoms with Crippen molar-refractivity contribution in [3.8, 4) is 0 Å². The Labute approximate surface area is 109 Å². The van der Waals surface area contributed by atoms with Crippen molar-refractivity contribution in [2.75, 3.05) is 5.32 Å². The fourth-order valence-electron chi connectivity index (χ4n) is 1.32. The highest BCUT2D eigenvalue weighted by atomic mass is 32.1. The lowest BCUT2D eigenvalue weighted by atomic mass is 10.3. The molecule has 0 spiro atoms. The molecule has 1 aromatic rings. The Bertz CT molecular complexity index is 369. The molecule has 0 aromatic heterocycles. The SMILES string of the molecule is CC(C)N=C(Nc1ccc(S)cc1)NC(C)C. The number of hydrogen-bond donors (Lipinski definition) is 3. The summed E-state index contributed by atoms with van der Waals surface area (Å²) in [6.07, 6.45) is 0. The van der Waals surface area contributed by atoms with Crippen molar-refractivity contribution in [3.05, 3.63) is 24.3 Å². The maximum atomic E-state index is 4.51. The van der Waals surface area contributed by atoms with Crippen LogP contribution in [0.5, 0.6) is 0 Å². The van der Waals surface area contributed by atoms with E-state index in [-0.39, 0.29) is 6.04 Å². The average molecular weight is 251 g/mol. The van der Waals surface area contributed by atoms with Gasteiger partial charge in [0, 0.05) is 22.7 Å². The normalized spacial score (nSPS) is 12.1. The molecule has 0 radical (unpaired) electrons. The molecular weight excluding hydrogens is 230 g/mol. The first-order valence-corrected chi connectivity index (χ1v) is 6.32. The van der Waals surface area contributed by atoms with Gasteiger partial charge >= 0.3 is 0 Å². The second-order valence-corrected chi connectivity index (χ2v) is 5.06. The van der Waals surface area contributed by atoms with E-state index in [0.717, 1.165) is 16.5 Å². The smallest absolute Gasteiger partial charge is 0.196 e. The van der Waals surface area contributed by atoms with Gasteiger partial charge in [0.15, 0.2) is 5.96 Å². The molecule has 3 nitrogen and oxygen atoms in total. The molecule has 1 rings (SSSR count). The Morgan fingerprint density at radius 2 is 1.71 bits per heavy atom. The molecule has 1 aromatic carbocycles. The van der Waals surface area contributed by atoms with Crippen molar-refractivity contribution in [1.29, 1.82) is 0 Å². The highest BCUT2D eigenvalue weighted by Crippen LogP contribution is 2.12. The van der Waals surface area contributed by atoms with Crippen molar-refractivity contribution in [3.63, 3.8) is 0 Å². The fourth-order valence-corrected chi connectivity index (χ4v) is 1.47. The molecule has 2 N–H and O–H groups in total. The summed E-state index contributed by atoms with van der Waals surface area (Å²) in [5.41, 5.74) is 1.01. The van der Waals surface area contributed by atoms with Crippen LogP contribution in [0, 0.1) is 0 Å². The molecule has 0 bridgehead atoms. The summed E-state index contributed by atoms with van der Waals surface area (Å²) in [6.45, 7) is 8.30. The van der Waals surface area contributed by atoms with Crippen LogP contribution in [0.25, 0.3) is 0 Å². The van der Waals surface area contributed by atoms with Crippen molar-refractivity contribution >= 4 is 24.3 Å². The lowest BCUT2D eigenvalue weighted by Gasteiger charge is -2.16. The van der Waals surface area contributed by atoms with Crippen LogP contribution in [0.4, 0.5) is 5.69 Å². The number of guanidine groups is 1. The highest BCUT2D eigenvalue weighted by Gasteiger charge is 2.03. The van der Waals surface area contributed by atoms with Gasteiger partial charge in [-0.3, -0.25) is 4.99 Å². The minimum atomic E-state index is 0.257. The molecule has 0 saturated carbocycles. The molecule has 0 heterocycles. The van der Waals surface area contributed by atoms with Gasteiger partial charge in [0.2, 0.25) is 0 Å². The Hall–Kier alpha value is -1.16. The van der Waals surface area contributed by atoms with Gasteiger partial charge in [-0.05, 0) is 52.0 Å². The third-order valence-electron chi connectivity index (χ3n) is 1.94. The molecule has 0 amide bonds. The Kier molecular flexibility index (Phi) is 5.35. The van der Waals surface area contributed by atoms with E-state index >= 15 is 0 Å². The zero-order chi connectivity index (χ0) is 12.8. The van der Waals surface area contributed by atoms with E-state index in [0.29, 0.717) is 6.04 Å². The van der Waals surface area contributed by atoms with Crippen molar-refractivity contribution < 1.29 is 0 Å². The molecule has 0 aliphatic heterocycles. The maximum Gasteiger partial charge on any atom is 0.196 e. The number of thiol groups is 1. The maximum absolute atomic E-state index is 4.51. The van der Waals surface area contributed by atoms with Gasteiger partial charge in [-0.25, -0.2) is 0 Å². The van der Waals surface area contributed by atoms with Gasteiger partial charge in [0.1, 0.15) is 0 Å². The average Bonchev–Trinajstić information content (AvgIpc) is 2.19. The van der Waals surface area contributed by atoms with Gasteiger partial charge in [-0.1, -0.05) is 0 Å². The molecule has 0 unspecified atom stereocenters. The molecule has 0 aliphatic rings. The molecule has 0 saturated heterocycles. The summed E-state index contributed by atoms with van der Waals surface area (Å²) >= 11 is 4.26. The number of nitrogens with one attached hydrogen (secondary N) is 2. The number of benzene rings is 1. The zero-order valence-electron chi connectivity index (χ0n) is 10.9. The first-order chi connectivity index (χ1) is 7.97. The van der Waals surface area contributed by atoms with Crippen LogP contribution in [0.15, 0.2) is 34.2 Å². The second-order valence-electron chi connectivity index (χ2n) is 4.54. The van der Waals surface area contributed by atoms with Gasteiger partial charge < -0.3 is 10.6 Å². The van der Waals surface area contributed by atoms with Gasteiger partial charge in [0.05, 0.1) is 0 Å². The van der Waals surface area contributed by atoms with E-state index in [1.54, 1.807) is 0 Å². The van der Waals surface area contributed by atoms with E-state index in [4.69, 9.17) is 0 Å². The predicted molar refractivity (Wildman–Crippen MR) is 78.2 cm³/mol. The summed E-state index contributed by atoms with van der Waals surface area (Å²) in [6, 6.07) is 8.49. The van der Waals surface area contributed by atoms with Crippen LogP contribution < -0.4 is 10.6 Å². The van der Waals surface area contributed by atoms with Crippen LogP contribution in [-0.4, -0.2) is 18.0 Å². The lowest BCUT2D eigenvalue weighted by Crippen LogP contribution is -2.36. The summed E-state index contributed by atoms with van der Waals surface area (Å²) in [5.74, 6) is 0.807. The van der Waals surface area contributed by atoms with Gasteiger partial charge in [-0.15, -0.1) is 12.6 Å². The number of nitrogens with zero attached hydrogens (tertiary/aromatic N) is 1. The van der Waals surface area contributed by atoms with Crippen LogP contribution in [0.1, 0.15) is 27.7 Å². The van der Waals surface area contributed by atoms with E-state index in [2.05, 4.69) is 55.9 Å². The third-order valence-corrected chi connectivity index (χ3v) is 2.24. The molecule has 4 heteroatoms. The Morgan fingerprint density at radius 3 is 2.18 bits per heavy atom. The topological polar surface area (TPSA) is 36.4 Å². The highest BCUT2D eigenvalue weighted by molar-refractivity contribution is 7.80.